The third kappa shape index (κ3) is 1.87. The molecule has 0 atom stereocenters. The number of benzene rings is 1. The number of nitrogens with two attached hydrogens (primary N) is 1. The standard InChI is InChI=1S/C13H13N3O/c1-7-4-8(2)11(9(3)5-7)13-16-10(6-14)12(15)17-13/h4-5H,15H2,1-3H3. The van der Waals surface area contributed by atoms with Crippen molar-refractivity contribution >= 4 is 5.88 Å². The molecule has 1 aromatic heterocycles. The average molecular weight is 227 g/mol. The Morgan fingerprint density at radius 1 is 1.24 bits per heavy atom. The number of nitrogens with zero attached hydrogens (tertiary/aromatic N) is 2. The van der Waals surface area contributed by atoms with E-state index in [1.54, 1.807) is 0 Å². The minimum atomic E-state index is 0.0712. The highest BCUT2D eigenvalue weighted by molar-refractivity contribution is 5.66. The first-order chi connectivity index (χ1) is 8.02. The van der Waals surface area contributed by atoms with Gasteiger partial charge >= 0.3 is 0 Å². The highest BCUT2D eigenvalue weighted by Gasteiger charge is 2.15. The summed E-state index contributed by atoms with van der Waals surface area (Å²) in [5.74, 6) is 0.482. The van der Waals surface area contributed by atoms with Crippen LogP contribution in [0, 0.1) is 32.1 Å². The lowest BCUT2D eigenvalue weighted by molar-refractivity contribution is 0.592. The summed E-state index contributed by atoms with van der Waals surface area (Å²) in [7, 11) is 0. The third-order valence-electron chi connectivity index (χ3n) is 2.65. The summed E-state index contributed by atoms with van der Waals surface area (Å²) in [6.45, 7) is 6.01. The fraction of sp³-hybridized carbons (Fsp3) is 0.231. The molecular weight excluding hydrogens is 214 g/mol. The molecule has 0 aliphatic rings. The number of nitriles is 1. The van der Waals surface area contributed by atoms with Crippen LogP contribution in [0.4, 0.5) is 5.88 Å². The van der Waals surface area contributed by atoms with Gasteiger partial charge in [-0.15, -0.1) is 0 Å². The lowest BCUT2D eigenvalue weighted by atomic mass is 10.00. The number of nitrogen functional groups attached to an aromatic ring is 1. The smallest absolute Gasteiger partial charge is 0.230 e. The molecule has 2 aromatic rings. The second-order valence-corrected chi connectivity index (χ2v) is 4.12. The number of hydrogen-bond acceptors (Lipinski definition) is 4. The van der Waals surface area contributed by atoms with Crippen molar-refractivity contribution in [1.29, 1.82) is 5.26 Å². The van der Waals surface area contributed by atoms with Crippen molar-refractivity contribution in [2.45, 2.75) is 20.8 Å². The Hall–Kier alpha value is -2.28. The second-order valence-electron chi connectivity index (χ2n) is 4.12. The van der Waals surface area contributed by atoms with Crippen LogP contribution in [0.15, 0.2) is 16.5 Å². The molecule has 1 heterocycles. The molecule has 0 aliphatic heterocycles. The van der Waals surface area contributed by atoms with E-state index in [4.69, 9.17) is 15.4 Å². The molecule has 0 fully saturated rings. The molecule has 4 nitrogen and oxygen atoms in total. The molecule has 0 spiro atoms. The van der Waals surface area contributed by atoms with Gasteiger partial charge in [0.1, 0.15) is 6.07 Å². The molecule has 4 heteroatoms. The molecule has 0 saturated heterocycles. The summed E-state index contributed by atoms with van der Waals surface area (Å²) in [6.07, 6.45) is 0. The molecule has 17 heavy (non-hydrogen) atoms. The molecule has 0 bridgehead atoms. The SMILES string of the molecule is Cc1cc(C)c(-c2nc(C#N)c(N)o2)c(C)c1. The van der Waals surface area contributed by atoms with Crippen LogP contribution in [0.3, 0.4) is 0 Å². The zero-order chi connectivity index (χ0) is 12.6. The summed E-state index contributed by atoms with van der Waals surface area (Å²) < 4.78 is 5.34. The van der Waals surface area contributed by atoms with Crippen molar-refractivity contribution in [3.63, 3.8) is 0 Å². The second kappa shape index (κ2) is 3.95. The van der Waals surface area contributed by atoms with E-state index in [1.165, 1.54) is 5.56 Å². The lowest BCUT2D eigenvalue weighted by Crippen LogP contribution is -1.90. The third-order valence-corrected chi connectivity index (χ3v) is 2.65. The van der Waals surface area contributed by atoms with E-state index in [-0.39, 0.29) is 11.6 Å². The maximum atomic E-state index is 8.81. The van der Waals surface area contributed by atoms with Gasteiger partial charge < -0.3 is 10.2 Å². The normalized spacial score (nSPS) is 10.2. The Kier molecular flexibility index (Phi) is 2.60. The highest BCUT2D eigenvalue weighted by atomic mass is 16.4. The van der Waals surface area contributed by atoms with Crippen molar-refractivity contribution in [3.8, 4) is 17.5 Å². The Balaban J connectivity index is 2.65. The highest BCUT2D eigenvalue weighted by Crippen LogP contribution is 2.29. The Morgan fingerprint density at radius 3 is 2.29 bits per heavy atom. The van der Waals surface area contributed by atoms with Gasteiger partial charge in [0.2, 0.25) is 17.5 Å². The monoisotopic (exact) mass is 227 g/mol. The fourth-order valence-electron chi connectivity index (χ4n) is 2.04. The largest absolute Gasteiger partial charge is 0.419 e. The van der Waals surface area contributed by atoms with E-state index in [0.29, 0.717) is 5.89 Å². The summed E-state index contributed by atoms with van der Waals surface area (Å²) in [5, 5.41) is 8.81. The predicted octanol–water partition coefficient (Wildman–Crippen LogP) is 2.72. The minimum Gasteiger partial charge on any atom is -0.419 e. The van der Waals surface area contributed by atoms with Crippen molar-refractivity contribution < 1.29 is 4.42 Å². The van der Waals surface area contributed by atoms with Crippen LogP contribution in [0.5, 0.6) is 0 Å². The van der Waals surface area contributed by atoms with E-state index < -0.39 is 0 Å². The zero-order valence-corrected chi connectivity index (χ0v) is 10.0. The summed E-state index contributed by atoms with van der Waals surface area (Å²) >= 11 is 0. The van der Waals surface area contributed by atoms with Crippen LogP contribution in [0.25, 0.3) is 11.5 Å². The first-order valence-electron chi connectivity index (χ1n) is 5.27. The Bertz CT molecular complexity index is 597. The van der Waals surface area contributed by atoms with Crippen LogP contribution in [0.1, 0.15) is 22.4 Å². The van der Waals surface area contributed by atoms with E-state index in [2.05, 4.69) is 17.1 Å². The first kappa shape index (κ1) is 11.2. The van der Waals surface area contributed by atoms with Crippen LogP contribution >= 0.6 is 0 Å². The molecule has 0 saturated carbocycles. The maximum Gasteiger partial charge on any atom is 0.230 e. The number of aryl methyl sites for hydroxylation is 3. The van der Waals surface area contributed by atoms with E-state index >= 15 is 0 Å². The molecular formula is C13H13N3O. The Morgan fingerprint density at radius 2 is 1.82 bits per heavy atom. The number of anilines is 1. The average Bonchev–Trinajstić information content (AvgIpc) is 2.57. The molecule has 2 N–H and O–H groups in total. The topological polar surface area (TPSA) is 75.8 Å². The van der Waals surface area contributed by atoms with Crippen molar-refractivity contribution in [2.75, 3.05) is 5.73 Å². The summed E-state index contributed by atoms with van der Waals surface area (Å²) in [6, 6.07) is 6.01. The summed E-state index contributed by atoms with van der Waals surface area (Å²) in [5.41, 5.74) is 9.92. The molecule has 86 valence electrons. The molecule has 0 aliphatic carbocycles. The van der Waals surface area contributed by atoms with Gasteiger partial charge in [-0.1, -0.05) is 17.7 Å². The molecule has 0 radical (unpaired) electrons. The first-order valence-corrected chi connectivity index (χ1v) is 5.27. The molecule has 0 amide bonds. The lowest BCUT2D eigenvalue weighted by Gasteiger charge is -2.07. The van der Waals surface area contributed by atoms with Crippen molar-refractivity contribution in [2.24, 2.45) is 0 Å². The number of oxazole rings is 1. The van der Waals surface area contributed by atoms with E-state index in [9.17, 15) is 0 Å². The zero-order valence-electron chi connectivity index (χ0n) is 10.0. The molecule has 1 aromatic carbocycles. The predicted molar refractivity (Wildman–Crippen MR) is 65.3 cm³/mol. The van der Waals surface area contributed by atoms with Gasteiger partial charge in [0.15, 0.2) is 0 Å². The van der Waals surface area contributed by atoms with Crippen LogP contribution < -0.4 is 5.73 Å². The molecule has 0 unspecified atom stereocenters. The van der Waals surface area contributed by atoms with Gasteiger partial charge in [-0.2, -0.15) is 10.2 Å². The minimum absolute atomic E-state index is 0.0712. The van der Waals surface area contributed by atoms with E-state index in [0.717, 1.165) is 16.7 Å². The van der Waals surface area contributed by atoms with Gasteiger partial charge in [0, 0.05) is 5.56 Å². The van der Waals surface area contributed by atoms with Gasteiger partial charge in [-0.05, 0) is 31.9 Å². The van der Waals surface area contributed by atoms with Crippen molar-refractivity contribution in [3.05, 3.63) is 34.5 Å². The van der Waals surface area contributed by atoms with Crippen LogP contribution in [-0.4, -0.2) is 4.98 Å². The maximum absolute atomic E-state index is 8.81. The molecule has 2 rings (SSSR count). The van der Waals surface area contributed by atoms with Gasteiger partial charge in [-0.3, -0.25) is 0 Å². The van der Waals surface area contributed by atoms with Gasteiger partial charge in [-0.25, -0.2) is 0 Å². The van der Waals surface area contributed by atoms with E-state index in [1.807, 2.05) is 26.8 Å². The van der Waals surface area contributed by atoms with Crippen molar-refractivity contribution in [1.82, 2.24) is 4.98 Å². The van der Waals surface area contributed by atoms with Gasteiger partial charge in [0.05, 0.1) is 0 Å². The summed E-state index contributed by atoms with van der Waals surface area (Å²) in [4.78, 5) is 4.10. The fourth-order valence-corrected chi connectivity index (χ4v) is 2.04. The number of aromatic nitrogens is 1. The van der Waals surface area contributed by atoms with Crippen LogP contribution in [0.2, 0.25) is 0 Å². The van der Waals surface area contributed by atoms with Crippen LogP contribution in [-0.2, 0) is 0 Å². The number of rotatable bonds is 1. The quantitative estimate of drug-likeness (QED) is 0.812. The Labute approximate surface area is 99.7 Å². The number of hydrogen-bond donors (Lipinski definition) is 1. The van der Waals surface area contributed by atoms with Gasteiger partial charge in [0.25, 0.3) is 0 Å².